The third kappa shape index (κ3) is 3.14. The van der Waals surface area contributed by atoms with Crippen molar-refractivity contribution in [2.45, 2.75) is 6.92 Å². The molecule has 2 rings (SSSR count). The highest BCUT2D eigenvalue weighted by molar-refractivity contribution is 5.89. The molecule has 0 aliphatic carbocycles. The smallest absolute Gasteiger partial charge is 0.374 e. The second kappa shape index (κ2) is 5.99. The molecule has 0 saturated carbocycles. The number of carbonyl (C=O) groups is 2. The average Bonchev–Trinajstić information content (AvgIpc) is 2.81. The number of hydrogen-bond donors (Lipinski definition) is 3. The molecule has 0 fully saturated rings. The molecule has 9 nitrogen and oxygen atoms in total. The lowest BCUT2D eigenvalue weighted by atomic mass is 10.2. The third-order valence-electron chi connectivity index (χ3n) is 2.66. The highest BCUT2D eigenvalue weighted by atomic mass is 16.4. The van der Waals surface area contributed by atoms with E-state index >= 15 is 0 Å². The van der Waals surface area contributed by atoms with Crippen molar-refractivity contribution in [2.75, 3.05) is 11.9 Å². The molecule has 0 atom stereocenters. The van der Waals surface area contributed by atoms with E-state index in [0.29, 0.717) is 23.8 Å². The normalized spacial score (nSPS) is 10.2. The maximum absolute atomic E-state index is 11.4. The molecule has 0 bridgehead atoms. The van der Waals surface area contributed by atoms with Crippen LogP contribution in [0, 0.1) is 0 Å². The van der Waals surface area contributed by atoms with E-state index < -0.39 is 5.97 Å². The minimum Gasteiger partial charge on any atom is -0.475 e. The van der Waals surface area contributed by atoms with Crippen molar-refractivity contribution in [3.05, 3.63) is 24.2 Å². The number of carboxylic acids is 1. The highest BCUT2D eigenvalue weighted by Gasteiger charge is 2.16. The maximum Gasteiger partial charge on any atom is 0.374 e. The maximum atomic E-state index is 11.4. The third-order valence-corrected chi connectivity index (χ3v) is 2.66. The first-order chi connectivity index (χ1) is 10.0. The molecule has 2 aromatic rings. The van der Waals surface area contributed by atoms with Gasteiger partial charge in [0.25, 0.3) is 0 Å². The fraction of sp³-hybridized carbons (Fsp3) is 0.250. The molecule has 3 N–H and O–H groups in total. The van der Waals surface area contributed by atoms with Crippen molar-refractivity contribution < 1.29 is 14.7 Å². The number of nitrogens with one attached hydrogen (secondary N) is 2. The SMILES string of the molecule is CCNC(=O)Nc1cc(-c2nnc(C(=O)O)n2C)ccn1. The molecule has 110 valence electrons. The lowest BCUT2D eigenvalue weighted by Crippen LogP contribution is -2.28. The summed E-state index contributed by atoms with van der Waals surface area (Å²) in [6, 6.07) is 2.87. The molecule has 2 amide bonds. The van der Waals surface area contributed by atoms with Gasteiger partial charge in [0.1, 0.15) is 5.82 Å². The summed E-state index contributed by atoms with van der Waals surface area (Å²) in [5.74, 6) is -0.627. The quantitative estimate of drug-likeness (QED) is 0.762. The zero-order valence-corrected chi connectivity index (χ0v) is 11.5. The monoisotopic (exact) mass is 290 g/mol. The van der Waals surface area contributed by atoms with Crippen LogP contribution < -0.4 is 10.6 Å². The van der Waals surface area contributed by atoms with Crippen LogP contribution in [-0.2, 0) is 7.05 Å². The van der Waals surface area contributed by atoms with Crippen LogP contribution in [0.4, 0.5) is 10.6 Å². The van der Waals surface area contributed by atoms with Gasteiger partial charge in [0.05, 0.1) is 0 Å². The molecule has 2 aromatic heterocycles. The van der Waals surface area contributed by atoms with Crippen molar-refractivity contribution in [2.24, 2.45) is 7.05 Å². The number of rotatable bonds is 4. The predicted molar refractivity (Wildman–Crippen MR) is 73.9 cm³/mol. The lowest BCUT2D eigenvalue weighted by molar-refractivity contribution is 0.0679. The van der Waals surface area contributed by atoms with E-state index in [-0.39, 0.29) is 11.9 Å². The molecular weight excluding hydrogens is 276 g/mol. The number of urea groups is 1. The average molecular weight is 290 g/mol. The number of anilines is 1. The van der Waals surface area contributed by atoms with Crippen molar-refractivity contribution in [1.29, 1.82) is 0 Å². The van der Waals surface area contributed by atoms with Gasteiger partial charge in [-0.3, -0.25) is 5.32 Å². The number of hydrogen-bond acceptors (Lipinski definition) is 5. The van der Waals surface area contributed by atoms with Gasteiger partial charge in [0, 0.05) is 25.4 Å². The Hall–Kier alpha value is -2.97. The molecule has 2 heterocycles. The molecule has 0 unspecified atom stereocenters. The highest BCUT2D eigenvalue weighted by Crippen LogP contribution is 2.19. The zero-order chi connectivity index (χ0) is 15.4. The number of amides is 2. The van der Waals surface area contributed by atoms with Gasteiger partial charge in [0.2, 0.25) is 5.82 Å². The Morgan fingerprint density at radius 2 is 2.14 bits per heavy atom. The van der Waals surface area contributed by atoms with Gasteiger partial charge in [-0.05, 0) is 19.1 Å². The van der Waals surface area contributed by atoms with Crippen LogP contribution in [-0.4, -0.2) is 43.4 Å². The Labute approximate surface area is 120 Å². The molecule has 0 saturated heterocycles. The van der Waals surface area contributed by atoms with Crippen LogP contribution in [0.25, 0.3) is 11.4 Å². The van der Waals surface area contributed by atoms with Crippen molar-refractivity contribution in [1.82, 2.24) is 25.1 Å². The molecule has 0 aromatic carbocycles. The summed E-state index contributed by atoms with van der Waals surface area (Å²) in [6.45, 7) is 2.30. The molecule has 9 heteroatoms. The molecule has 0 aliphatic heterocycles. The number of carbonyl (C=O) groups excluding carboxylic acids is 1. The number of pyridine rings is 1. The van der Waals surface area contributed by atoms with E-state index in [1.807, 2.05) is 0 Å². The summed E-state index contributed by atoms with van der Waals surface area (Å²) in [5, 5.41) is 21.6. The van der Waals surface area contributed by atoms with E-state index in [2.05, 4.69) is 25.8 Å². The van der Waals surface area contributed by atoms with Crippen molar-refractivity contribution in [3.63, 3.8) is 0 Å². The summed E-state index contributed by atoms with van der Waals surface area (Å²) in [4.78, 5) is 26.4. The first-order valence-electron chi connectivity index (χ1n) is 6.17. The molecule has 21 heavy (non-hydrogen) atoms. The number of aromatic nitrogens is 4. The Balaban J connectivity index is 2.29. The molecule has 0 aliphatic rings. The minimum absolute atomic E-state index is 0.167. The van der Waals surface area contributed by atoms with Gasteiger partial charge < -0.3 is 15.0 Å². The van der Waals surface area contributed by atoms with Crippen LogP contribution in [0.3, 0.4) is 0 Å². The fourth-order valence-corrected chi connectivity index (χ4v) is 1.73. The van der Waals surface area contributed by atoms with Crippen molar-refractivity contribution in [3.8, 4) is 11.4 Å². The summed E-state index contributed by atoms with van der Waals surface area (Å²) >= 11 is 0. The Bertz CT molecular complexity index is 681. The summed E-state index contributed by atoms with van der Waals surface area (Å²) < 4.78 is 1.35. The Morgan fingerprint density at radius 1 is 1.38 bits per heavy atom. The van der Waals surface area contributed by atoms with E-state index in [1.54, 1.807) is 26.1 Å². The van der Waals surface area contributed by atoms with Crippen LogP contribution in [0.2, 0.25) is 0 Å². The Morgan fingerprint density at radius 3 is 2.76 bits per heavy atom. The van der Waals surface area contributed by atoms with E-state index in [9.17, 15) is 9.59 Å². The minimum atomic E-state index is -1.16. The standard InChI is InChI=1S/C12H14N6O3/c1-3-13-12(21)15-8-6-7(4-5-14-8)9-16-17-10(11(19)20)18(9)2/h4-6H,3H2,1-2H3,(H,19,20)(H2,13,14,15,21). The number of carboxylic acid groups (broad SMARTS) is 1. The summed E-state index contributed by atoms with van der Waals surface area (Å²) in [7, 11) is 1.55. The van der Waals surface area contributed by atoms with Gasteiger partial charge in [0.15, 0.2) is 5.82 Å². The van der Waals surface area contributed by atoms with E-state index in [0.717, 1.165) is 0 Å². The molecular formula is C12H14N6O3. The largest absolute Gasteiger partial charge is 0.475 e. The second-order valence-electron chi connectivity index (χ2n) is 4.13. The number of aromatic carboxylic acids is 1. The molecule has 0 radical (unpaired) electrons. The first-order valence-corrected chi connectivity index (χ1v) is 6.17. The van der Waals surface area contributed by atoms with Gasteiger partial charge in [-0.15, -0.1) is 10.2 Å². The van der Waals surface area contributed by atoms with Gasteiger partial charge in [-0.2, -0.15) is 0 Å². The van der Waals surface area contributed by atoms with E-state index in [4.69, 9.17) is 5.11 Å². The topological polar surface area (TPSA) is 122 Å². The van der Waals surface area contributed by atoms with Crippen LogP contribution in [0.5, 0.6) is 0 Å². The van der Waals surface area contributed by atoms with Gasteiger partial charge in [-0.1, -0.05) is 0 Å². The summed E-state index contributed by atoms with van der Waals surface area (Å²) in [5.41, 5.74) is 0.597. The fourth-order valence-electron chi connectivity index (χ4n) is 1.73. The van der Waals surface area contributed by atoms with Crippen LogP contribution in [0.1, 0.15) is 17.5 Å². The van der Waals surface area contributed by atoms with Crippen molar-refractivity contribution >= 4 is 17.8 Å². The zero-order valence-electron chi connectivity index (χ0n) is 11.5. The summed E-state index contributed by atoms with van der Waals surface area (Å²) in [6.07, 6.45) is 1.49. The molecule has 0 spiro atoms. The first kappa shape index (κ1) is 14.4. The van der Waals surface area contributed by atoms with Gasteiger partial charge in [-0.25, -0.2) is 14.6 Å². The van der Waals surface area contributed by atoms with Crippen LogP contribution in [0.15, 0.2) is 18.3 Å². The predicted octanol–water partition coefficient (Wildman–Crippen LogP) is 0.717. The number of nitrogens with zero attached hydrogens (tertiary/aromatic N) is 4. The Kier molecular flexibility index (Phi) is 4.12. The lowest BCUT2D eigenvalue weighted by Gasteiger charge is -2.06. The van der Waals surface area contributed by atoms with E-state index in [1.165, 1.54) is 10.8 Å². The van der Waals surface area contributed by atoms with Crippen LogP contribution >= 0.6 is 0 Å². The second-order valence-corrected chi connectivity index (χ2v) is 4.13. The van der Waals surface area contributed by atoms with Gasteiger partial charge >= 0.3 is 12.0 Å².